The largest absolute Gasteiger partial charge is 0.368 e. The predicted molar refractivity (Wildman–Crippen MR) is 84.4 cm³/mol. The lowest BCUT2D eigenvalue weighted by Gasteiger charge is -2.07. The molecule has 1 aliphatic carbocycles. The third-order valence-electron chi connectivity index (χ3n) is 3.05. The maximum absolute atomic E-state index is 11.8. The standard InChI is InChI=1S/C13H15N5O2S2/c14-10(19)6-18-12(9-2-1-5-21-9)16-17-13(18)22-7-11(20)15-8-3-4-8/h1-2,5,8H,3-4,6-7H2,(H2,14,19)(H,15,20). The summed E-state index contributed by atoms with van der Waals surface area (Å²) in [5, 5.41) is 13.6. The second-order valence-corrected chi connectivity index (χ2v) is 6.86. The van der Waals surface area contributed by atoms with Crippen LogP contribution >= 0.6 is 23.1 Å². The summed E-state index contributed by atoms with van der Waals surface area (Å²) >= 11 is 2.77. The Morgan fingerprint density at radius 2 is 2.27 bits per heavy atom. The van der Waals surface area contributed by atoms with Crippen molar-refractivity contribution in [3.63, 3.8) is 0 Å². The maximum atomic E-state index is 11.8. The van der Waals surface area contributed by atoms with Gasteiger partial charge in [-0.15, -0.1) is 21.5 Å². The zero-order valence-electron chi connectivity index (χ0n) is 11.7. The van der Waals surface area contributed by atoms with Gasteiger partial charge in [0.05, 0.1) is 10.6 Å². The molecule has 3 N–H and O–H groups in total. The van der Waals surface area contributed by atoms with Crippen LogP contribution in [-0.2, 0) is 16.1 Å². The summed E-state index contributed by atoms with van der Waals surface area (Å²) < 4.78 is 1.66. The maximum Gasteiger partial charge on any atom is 0.237 e. The molecular formula is C13H15N5O2S2. The molecule has 0 spiro atoms. The Hall–Kier alpha value is -1.87. The first kappa shape index (κ1) is 15.0. The monoisotopic (exact) mass is 337 g/mol. The van der Waals surface area contributed by atoms with Gasteiger partial charge < -0.3 is 11.1 Å². The molecule has 0 saturated heterocycles. The van der Waals surface area contributed by atoms with E-state index in [4.69, 9.17) is 5.73 Å². The Balaban J connectivity index is 1.74. The molecule has 0 bridgehead atoms. The zero-order valence-corrected chi connectivity index (χ0v) is 13.3. The van der Waals surface area contributed by atoms with Gasteiger partial charge in [-0.2, -0.15) is 0 Å². The van der Waals surface area contributed by atoms with E-state index >= 15 is 0 Å². The number of carbonyl (C=O) groups excluding carboxylic acids is 2. The van der Waals surface area contributed by atoms with Gasteiger partial charge in [-0.1, -0.05) is 17.8 Å². The van der Waals surface area contributed by atoms with E-state index in [0.29, 0.717) is 17.0 Å². The molecule has 2 aromatic heterocycles. The number of rotatable bonds is 7. The molecule has 2 heterocycles. The fourth-order valence-corrected chi connectivity index (χ4v) is 3.38. The number of amides is 2. The van der Waals surface area contributed by atoms with Gasteiger partial charge in [-0.05, 0) is 24.3 Å². The van der Waals surface area contributed by atoms with Gasteiger partial charge in [0, 0.05) is 6.04 Å². The van der Waals surface area contributed by atoms with Gasteiger partial charge in [0.2, 0.25) is 11.8 Å². The molecule has 0 radical (unpaired) electrons. The average Bonchev–Trinajstić information content (AvgIpc) is 2.98. The molecule has 22 heavy (non-hydrogen) atoms. The highest BCUT2D eigenvalue weighted by molar-refractivity contribution is 7.99. The summed E-state index contributed by atoms with van der Waals surface area (Å²) in [5.41, 5.74) is 5.30. The summed E-state index contributed by atoms with van der Waals surface area (Å²) in [4.78, 5) is 24.0. The highest BCUT2D eigenvalue weighted by Crippen LogP contribution is 2.27. The van der Waals surface area contributed by atoms with Gasteiger partial charge in [0.1, 0.15) is 6.54 Å². The smallest absolute Gasteiger partial charge is 0.237 e. The van der Waals surface area contributed by atoms with Gasteiger partial charge in [-0.25, -0.2) is 0 Å². The minimum absolute atomic E-state index is 0.00713. The van der Waals surface area contributed by atoms with Crippen molar-refractivity contribution in [1.29, 1.82) is 0 Å². The summed E-state index contributed by atoms with van der Waals surface area (Å²) in [7, 11) is 0. The summed E-state index contributed by atoms with van der Waals surface area (Å²) in [6.07, 6.45) is 2.10. The number of primary amides is 1. The number of hydrogen-bond acceptors (Lipinski definition) is 6. The second kappa shape index (κ2) is 6.49. The topological polar surface area (TPSA) is 103 Å². The summed E-state index contributed by atoms with van der Waals surface area (Å²) in [6.45, 7) is -0.00713. The van der Waals surface area contributed by atoms with Gasteiger partial charge in [0.15, 0.2) is 11.0 Å². The third kappa shape index (κ3) is 3.66. The van der Waals surface area contributed by atoms with Crippen molar-refractivity contribution in [1.82, 2.24) is 20.1 Å². The molecule has 1 aliphatic rings. The number of carbonyl (C=O) groups is 2. The summed E-state index contributed by atoms with van der Waals surface area (Å²) in [5.74, 6) is 0.345. The van der Waals surface area contributed by atoms with Crippen molar-refractivity contribution >= 4 is 34.9 Å². The van der Waals surface area contributed by atoms with Crippen molar-refractivity contribution in [3.05, 3.63) is 17.5 Å². The fraction of sp³-hybridized carbons (Fsp3) is 0.385. The van der Waals surface area contributed by atoms with Gasteiger partial charge in [0.25, 0.3) is 0 Å². The molecule has 3 rings (SSSR count). The molecule has 116 valence electrons. The van der Waals surface area contributed by atoms with Crippen LogP contribution in [0.3, 0.4) is 0 Å². The van der Waals surface area contributed by atoms with Crippen molar-refractivity contribution < 1.29 is 9.59 Å². The van der Waals surface area contributed by atoms with Crippen LogP contribution in [-0.4, -0.2) is 38.4 Å². The molecule has 0 aromatic carbocycles. The van der Waals surface area contributed by atoms with E-state index < -0.39 is 5.91 Å². The molecular weight excluding hydrogens is 322 g/mol. The Kier molecular flexibility index (Phi) is 4.44. The number of thiophene rings is 1. The van der Waals surface area contributed by atoms with E-state index in [1.165, 1.54) is 23.1 Å². The lowest BCUT2D eigenvalue weighted by Crippen LogP contribution is -2.27. The van der Waals surface area contributed by atoms with E-state index in [1.807, 2.05) is 17.5 Å². The van der Waals surface area contributed by atoms with E-state index in [-0.39, 0.29) is 18.2 Å². The van der Waals surface area contributed by atoms with Crippen LogP contribution in [0.25, 0.3) is 10.7 Å². The van der Waals surface area contributed by atoms with E-state index in [0.717, 1.165) is 17.7 Å². The lowest BCUT2D eigenvalue weighted by atomic mass is 10.4. The van der Waals surface area contributed by atoms with Crippen LogP contribution < -0.4 is 11.1 Å². The molecule has 0 aliphatic heterocycles. The van der Waals surface area contributed by atoms with Gasteiger partial charge >= 0.3 is 0 Å². The second-order valence-electron chi connectivity index (χ2n) is 4.97. The number of thioether (sulfide) groups is 1. The van der Waals surface area contributed by atoms with Crippen LogP contribution in [0.15, 0.2) is 22.7 Å². The Bertz CT molecular complexity index is 679. The molecule has 9 heteroatoms. The lowest BCUT2D eigenvalue weighted by molar-refractivity contribution is -0.119. The Morgan fingerprint density at radius 3 is 2.91 bits per heavy atom. The molecule has 0 unspecified atom stereocenters. The number of nitrogens with two attached hydrogens (primary N) is 1. The number of aromatic nitrogens is 3. The van der Waals surface area contributed by atoms with Crippen LogP contribution in [0.4, 0.5) is 0 Å². The minimum Gasteiger partial charge on any atom is -0.368 e. The SMILES string of the molecule is NC(=O)Cn1c(SCC(=O)NC2CC2)nnc1-c1cccs1. The third-order valence-corrected chi connectivity index (χ3v) is 4.88. The van der Waals surface area contributed by atoms with Crippen molar-refractivity contribution in [3.8, 4) is 10.7 Å². The first-order valence-corrected chi connectivity index (χ1v) is 8.67. The molecule has 1 fully saturated rings. The van der Waals surface area contributed by atoms with E-state index in [2.05, 4.69) is 15.5 Å². The fourth-order valence-electron chi connectivity index (χ4n) is 1.91. The van der Waals surface area contributed by atoms with Crippen molar-refractivity contribution in [2.75, 3.05) is 5.75 Å². The molecule has 2 amide bonds. The van der Waals surface area contributed by atoms with Crippen LogP contribution in [0.5, 0.6) is 0 Å². The molecule has 7 nitrogen and oxygen atoms in total. The normalized spacial score (nSPS) is 14.0. The molecule has 2 aromatic rings. The van der Waals surface area contributed by atoms with Crippen molar-refractivity contribution in [2.24, 2.45) is 5.73 Å². The molecule has 1 saturated carbocycles. The highest BCUT2D eigenvalue weighted by atomic mass is 32.2. The highest BCUT2D eigenvalue weighted by Gasteiger charge is 2.24. The van der Waals surface area contributed by atoms with Crippen LogP contribution in [0, 0.1) is 0 Å². The quantitative estimate of drug-likeness (QED) is 0.730. The van der Waals surface area contributed by atoms with Crippen molar-refractivity contribution in [2.45, 2.75) is 30.6 Å². The van der Waals surface area contributed by atoms with E-state index in [9.17, 15) is 9.59 Å². The Morgan fingerprint density at radius 1 is 1.45 bits per heavy atom. The first-order valence-electron chi connectivity index (χ1n) is 6.81. The number of nitrogens with one attached hydrogen (secondary N) is 1. The summed E-state index contributed by atoms with van der Waals surface area (Å²) in [6, 6.07) is 4.14. The first-order chi connectivity index (χ1) is 10.6. The van der Waals surface area contributed by atoms with Crippen LogP contribution in [0.2, 0.25) is 0 Å². The zero-order chi connectivity index (χ0) is 15.5. The minimum atomic E-state index is -0.470. The predicted octanol–water partition coefficient (Wildman–Crippen LogP) is 0.863. The number of nitrogens with zero attached hydrogens (tertiary/aromatic N) is 3. The van der Waals surface area contributed by atoms with E-state index in [1.54, 1.807) is 4.57 Å². The molecule has 0 atom stereocenters. The van der Waals surface area contributed by atoms with Crippen LogP contribution in [0.1, 0.15) is 12.8 Å². The Labute approximate surface area is 135 Å². The van der Waals surface area contributed by atoms with Gasteiger partial charge in [-0.3, -0.25) is 14.2 Å². The number of hydrogen-bond donors (Lipinski definition) is 2. The average molecular weight is 337 g/mol.